The molecule has 3 atom stereocenters. The second-order valence-corrected chi connectivity index (χ2v) is 5.43. The van der Waals surface area contributed by atoms with Crippen LogP contribution in [0.15, 0.2) is 0 Å². The van der Waals surface area contributed by atoms with Crippen LogP contribution in [0.4, 0.5) is 0 Å². The molecule has 0 amide bonds. The first-order valence-corrected chi connectivity index (χ1v) is 6.04. The molecule has 0 unspecified atom stereocenters. The third kappa shape index (κ3) is 1.58. The summed E-state index contributed by atoms with van der Waals surface area (Å²) in [6.45, 7) is 2.45. The number of thioether (sulfide) groups is 1. The maximum atomic E-state index is 2.45. The smallest absolute Gasteiger partial charge is 0.0101 e. The maximum absolute atomic E-state index is 2.45. The molecule has 2 fully saturated rings. The van der Waals surface area contributed by atoms with Crippen molar-refractivity contribution < 1.29 is 0 Å². The fourth-order valence-corrected chi connectivity index (χ4v) is 4.28. The van der Waals surface area contributed by atoms with Gasteiger partial charge < -0.3 is 0 Å². The van der Waals surface area contributed by atoms with E-state index in [4.69, 9.17) is 0 Å². The molecule has 1 heteroatoms. The fraction of sp³-hybridized carbons (Fsp3) is 1.00. The fourth-order valence-electron chi connectivity index (χ4n) is 2.67. The Morgan fingerprint density at radius 2 is 1.91 bits per heavy atom. The van der Waals surface area contributed by atoms with Crippen molar-refractivity contribution >= 4 is 11.8 Å². The van der Waals surface area contributed by atoms with Gasteiger partial charge in [0.25, 0.3) is 0 Å². The van der Waals surface area contributed by atoms with Gasteiger partial charge in [-0.15, -0.1) is 0 Å². The van der Waals surface area contributed by atoms with E-state index in [1.807, 2.05) is 0 Å². The van der Waals surface area contributed by atoms with Crippen LogP contribution < -0.4 is 0 Å². The van der Waals surface area contributed by atoms with E-state index in [1.165, 1.54) is 37.9 Å². The number of hydrogen-bond donors (Lipinski definition) is 0. The van der Waals surface area contributed by atoms with E-state index in [1.54, 1.807) is 0 Å². The maximum Gasteiger partial charge on any atom is 0.0101 e. The molecule has 11 heavy (non-hydrogen) atoms. The van der Waals surface area contributed by atoms with Crippen molar-refractivity contribution in [3.8, 4) is 0 Å². The quantitative estimate of drug-likeness (QED) is 0.537. The van der Waals surface area contributed by atoms with Crippen LogP contribution in [0.25, 0.3) is 0 Å². The van der Waals surface area contributed by atoms with Crippen molar-refractivity contribution in [2.45, 2.75) is 44.3 Å². The van der Waals surface area contributed by atoms with Gasteiger partial charge in [0.05, 0.1) is 0 Å². The molecular weight excluding hydrogens is 152 g/mol. The monoisotopic (exact) mass is 170 g/mol. The standard InChI is InChI=1S/C10H18S/c1-8-4-2-5-9-6-3-7-11-10(8)9/h8-10H,2-7H2,1H3/t8-,9+,10+/m0/s1. The SMILES string of the molecule is C[C@H]1CCC[C@@H]2CCCS[C@@H]21. The lowest BCUT2D eigenvalue weighted by atomic mass is 9.79. The van der Waals surface area contributed by atoms with Crippen LogP contribution in [0.2, 0.25) is 0 Å². The van der Waals surface area contributed by atoms with Crippen molar-refractivity contribution in [2.24, 2.45) is 11.8 Å². The first kappa shape index (κ1) is 7.97. The summed E-state index contributed by atoms with van der Waals surface area (Å²) in [4.78, 5) is 0. The van der Waals surface area contributed by atoms with Crippen LogP contribution in [-0.4, -0.2) is 11.0 Å². The average Bonchev–Trinajstić information content (AvgIpc) is 2.06. The van der Waals surface area contributed by atoms with Crippen molar-refractivity contribution in [3.63, 3.8) is 0 Å². The van der Waals surface area contributed by atoms with Gasteiger partial charge in [-0.1, -0.05) is 13.3 Å². The van der Waals surface area contributed by atoms with Gasteiger partial charge in [-0.05, 0) is 43.3 Å². The second kappa shape index (κ2) is 3.38. The zero-order chi connectivity index (χ0) is 7.68. The van der Waals surface area contributed by atoms with Gasteiger partial charge in [0.1, 0.15) is 0 Å². The van der Waals surface area contributed by atoms with E-state index in [-0.39, 0.29) is 0 Å². The third-order valence-corrected chi connectivity index (χ3v) is 5.05. The summed E-state index contributed by atoms with van der Waals surface area (Å²) in [5, 5.41) is 1.04. The highest BCUT2D eigenvalue weighted by Gasteiger charge is 2.32. The predicted octanol–water partition coefficient (Wildman–Crippen LogP) is 3.32. The molecule has 0 radical (unpaired) electrons. The first-order valence-electron chi connectivity index (χ1n) is 4.99. The van der Waals surface area contributed by atoms with Crippen LogP contribution in [0.3, 0.4) is 0 Å². The lowest BCUT2D eigenvalue weighted by Crippen LogP contribution is -2.32. The van der Waals surface area contributed by atoms with E-state index in [9.17, 15) is 0 Å². The number of hydrogen-bond acceptors (Lipinski definition) is 1. The molecule has 2 aliphatic rings. The molecular formula is C10H18S. The molecule has 0 aromatic rings. The molecule has 1 heterocycles. The summed E-state index contributed by atoms with van der Waals surface area (Å²) in [7, 11) is 0. The van der Waals surface area contributed by atoms with Gasteiger partial charge in [-0.3, -0.25) is 0 Å². The summed E-state index contributed by atoms with van der Waals surface area (Å²) in [6.07, 6.45) is 7.54. The Morgan fingerprint density at radius 3 is 2.73 bits per heavy atom. The lowest BCUT2D eigenvalue weighted by molar-refractivity contribution is 0.274. The Morgan fingerprint density at radius 1 is 1.09 bits per heavy atom. The number of rotatable bonds is 0. The van der Waals surface area contributed by atoms with Crippen LogP contribution in [0.5, 0.6) is 0 Å². The topological polar surface area (TPSA) is 0 Å². The normalized spacial score (nSPS) is 45.0. The molecule has 1 aliphatic carbocycles. The van der Waals surface area contributed by atoms with Crippen molar-refractivity contribution in [1.29, 1.82) is 0 Å². The molecule has 0 N–H and O–H groups in total. The second-order valence-electron chi connectivity index (χ2n) is 4.15. The molecule has 0 spiro atoms. The highest BCUT2D eigenvalue weighted by Crippen LogP contribution is 2.43. The van der Waals surface area contributed by atoms with Crippen LogP contribution in [-0.2, 0) is 0 Å². The molecule has 1 aliphatic heterocycles. The number of fused-ring (bicyclic) bond motifs is 1. The summed E-state index contributed by atoms with van der Waals surface area (Å²) < 4.78 is 0. The minimum Gasteiger partial charge on any atom is -0.158 e. The first-order chi connectivity index (χ1) is 5.38. The van der Waals surface area contributed by atoms with Gasteiger partial charge in [0, 0.05) is 5.25 Å². The van der Waals surface area contributed by atoms with Crippen molar-refractivity contribution in [3.05, 3.63) is 0 Å². The Kier molecular flexibility index (Phi) is 2.45. The highest BCUT2D eigenvalue weighted by atomic mass is 32.2. The Labute approximate surface area is 74.1 Å². The summed E-state index contributed by atoms with van der Waals surface area (Å²) in [5.74, 6) is 3.54. The average molecular weight is 170 g/mol. The van der Waals surface area contributed by atoms with E-state index < -0.39 is 0 Å². The Hall–Kier alpha value is 0.350. The molecule has 2 rings (SSSR count). The van der Waals surface area contributed by atoms with Gasteiger partial charge in [0.2, 0.25) is 0 Å². The van der Waals surface area contributed by atoms with Crippen LogP contribution in [0.1, 0.15) is 39.0 Å². The van der Waals surface area contributed by atoms with Crippen molar-refractivity contribution in [1.82, 2.24) is 0 Å². The Balaban J connectivity index is 1.99. The molecule has 64 valence electrons. The van der Waals surface area contributed by atoms with E-state index >= 15 is 0 Å². The minimum absolute atomic E-state index is 1.01. The van der Waals surface area contributed by atoms with Gasteiger partial charge in [0.15, 0.2) is 0 Å². The predicted molar refractivity (Wildman–Crippen MR) is 52.0 cm³/mol. The third-order valence-electron chi connectivity index (χ3n) is 3.29. The van der Waals surface area contributed by atoms with E-state index in [0.717, 1.165) is 17.1 Å². The summed E-state index contributed by atoms with van der Waals surface area (Å²) >= 11 is 2.26. The molecule has 0 nitrogen and oxygen atoms in total. The molecule has 0 bridgehead atoms. The van der Waals surface area contributed by atoms with Crippen LogP contribution >= 0.6 is 11.8 Å². The largest absolute Gasteiger partial charge is 0.158 e. The molecule has 0 aromatic heterocycles. The minimum atomic E-state index is 1.01. The zero-order valence-electron chi connectivity index (χ0n) is 7.38. The molecule has 0 aromatic carbocycles. The lowest BCUT2D eigenvalue weighted by Gasteiger charge is -2.39. The summed E-state index contributed by atoms with van der Waals surface area (Å²) in [6, 6.07) is 0. The molecule has 1 saturated carbocycles. The van der Waals surface area contributed by atoms with Gasteiger partial charge in [-0.25, -0.2) is 0 Å². The zero-order valence-corrected chi connectivity index (χ0v) is 8.20. The van der Waals surface area contributed by atoms with Gasteiger partial charge >= 0.3 is 0 Å². The van der Waals surface area contributed by atoms with E-state index in [0.29, 0.717) is 0 Å². The Bertz CT molecular complexity index is 131. The van der Waals surface area contributed by atoms with Gasteiger partial charge in [-0.2, -0.15) is 11.8 Å². The molecule has 1 saturated heterocycles. The van der Waals surface area contributed by atoms with Crippen molar-refractivity contribution in [2.75, 3.05) is 5.75 Å². The van der Waals surface area contributed by atoms with E-state index in [2.05, 4.69) is 18.7 Å². The van der Waals surface area contributed by atoms with Crippen LogP contribution in [0, 0.1) is 11.8 Å². The summed E-state index contributed by atoms with van der Waals surface area (Å²) in [5.41, 5.74) is 0. The highest BCUT2D eigenvalue weighted by molar-refractivity contribution is 7.99.